The molecular weight excluding hydrogens is 464 g/mol. The van der Waals surface area contributed by atoms with Crippen LogP contribution in [-0.2, 0) is 0 Å². The molecule has 0 saturated heterocycles. The van der Waals surface area contributed by atoms with Crippen LogP contribution in [0.15, 0.2) is 50.4 Å². The van der Waals surface area contributed by atoms with Crippen LogP contribution in [0.3, 0.4) is 0 Å². The molecule has 0 aliphatic heterocycles. The SMILES string of the molecule is CCCOc1c(Br)cc(/C=N/NC(=O)c2ccccc2Br)cc1OCC. The van der Waals surface area contributed by atoms with Crippen molar-refractivity contribution >= 4 is 44.0 Å². The Morgan fingerprint density at radius 3 is 2.62 bits per heavy atom. The minimum atomic E-state index is -0.291. The first kappa shape index (κ1) is 20.5. The first-order chi connectivity index (χ1) is 12.6. The number of hydrogen-bond acceptors (Lipinski definition) is 4. The second-order valence-electron chi connectivity index (χ2n) is 5.29. The van der Waals surface area contributed by atoms with Crippen LogP contribution in [0.1, 0.15) is 36.2 Å². The molecule has 2 aromatic carbocycles. The highest BCUT2D eigenvalue weighted by Crippen LogP contribution is 2.36. The van der Waals surface area contributed by atoms with Crippen molar-refractivity contribution in [2.75, 3.05) is 13.2 Å². The summed E-state index contributed by atoms with van der Waals surface area (Å²) in [6.45, 7) is 5.08. The first-order valence-corrected chi connectivity index (χ1v) is 9.82. The van der Waals surface area contributed by atoms with E-state index in [9.17, 15) is 4.79 Å². The van der Waals surface area contributed by atoms with Gasteiger partial charge >= 0.3 is 0 Å². The van der Waals surface area contributed by atoms with E-state index in [1.165, 1.54) is 0 Å². The Kier molecular flexibility index (Phi) is 8.12. The van der Waals surface area contributed by atoms with Crippen molar-refractivity contribution in [2.24, 2.45) is 5.10 Å². The topological polar surface area (TPSA) is 59.9 Å². The van der Waals surface area contributed by atoms with E-state index < -0.39 is 0 Å². The number of halogens is 2. The molecule has 0 bridgehead atoms. The van der Waals surface area contributed by atoms with Crippen LogP contribution >= 0.6 is 31.9 Å². The largest absolute Gasteiger partial charge is 0.490 e. The smallest absolute Gasteiger partial charge is 0.272 e. The van der Waals surface area contributed by atoms with Gasteiger partial charge in [-0.25, -0.2) is 5.43 Å². The van der Waals surface area contributed by atoms with Gasteiger partial charge in [-0.1, -0.05) is 19.1 Å². The third-order valence-electron chi connectivity index (χ3n) is 3.28. The van der Waals surface area contributed by atoms with Crippen LogP contribution in [0.4, 0.5) is 0 Å². The van der Waals surface area contributed by atoms with Crippen LogP contribution in [0.2, 0.25) is 0 Å². The molecule has 0 heterocycles. The maximum absolute atomic E-state index is 12.2. The summed E-state index contributed by atoms with van der Waals surface area (Å²) in [5, 5.41) is 4.03. The van der Waals surface area contributed by atoms with Gasteiger partial charge in [-0.3, -0.25) is 4.79 Å². The number of nitrogens with zero attached hydrogens (tertiary/aromatic N) is 1. The molecule has 2 aromatic rings. The molecule has 1 N–H and O–H groups in total. The Morgan fingerprint density at radius 2 is 1.92 bits per heavy atom. The fourth-order valence-corrected chi connectivity index (χ4v) is 3.18. The average molecular weight is 484 g/mol. The van der Waals surface area contributed by atoms with E-state index in [4.69, 9.17) is 9.47 Å². The van der Waals surface area contributed by atoms with Gasteiger partial charge < -0.3 is 9.47 Å². The van der Waals surface area contributed by atoms with E-state index in [2.05, 4.69) is 42.4 Å². The predicted octanol–water partition coefficient (Wildman–Crippen LogP) is 5.16. The first-order valence-electron chi connectivity index (χ1n) is 8.23. The van der Waals surface area contributed by atoms with E-state index in [1.807, 2.05) is 32.0 Å². The van der Waals surface area contributed by atoms with Gasteiger partial charge in [-0.15, -0.1) is 0 Å². The number of benzene rings is 2. The average Bonchev–Trinajstić information content (AvgIpc) is 2.61. The molecule has 0 radical (unpaired) electrons. The lowest BCUT2D eigenvalue weighted by Gasteiger charge is -2.14. The summed E-state index contributed by atoms with van der Waals surface area (Å²) < 4.78 is 12.9. The third kappa shape index (κ3) is 5.57. The molecule has 0 aliphatic rings. The fraction of sp³-hybridized carbons (Fsp3) is 0.263. The maximum Gasteiger partial charge on any atom is 0.272 e. The van der Waals surface area contributed by atoms with Crippen molar-refractivity contribution in [2.45, 2.75) is 20.3 Å². The molecule has 0 saturated carbocycles. The number of nitrogens with one attached hydrogen (secondary N) is 1. The molecule has 0 aromatic heterocycles. The minimum absolute atomic E-state index is 0.291. The molecule has 0 unspecified atom stereocenters. The Bertz CT molecular complexity index is 794. The molecule has 5 nitrogen and oxygen atoms in total. The van der Waals surface area contributed by atoms with Crippen LogP contribution in [0, 0.1) is 0 Å². The number of carbonyl (C=O) groups is 1. The van der Waals surface area contributed by atoms with Crippen molar-refractivity contribution in [1.82, 2.24) is 5.43 Å². The van der Waals surface area contributed by atoms with E-state index in [0.717, 1.165) is 16.5 Å². The Balaban J connectivity index is 2.14. The highest BCUT2D eigenvalue weighted by Gasteiger charge is 2.12. The monoisotopic (exact) mass is 482 g/mol. The summed E-state index contributed by atoms with van der Waals surface area (Å²) in [4.78, 5) is 12.2. The number of ether oxygens (including phenoxy) is 2. The van der Waals surface area contributed by atoms with Gasteiger partial charge in [0.2, 0.25) is 0 Å². The molecule has 0 aliphatic carbocycles. The van der Waals surface area contributed by atoms with Gasteiger partial charge in [0.25, 0.3) is 5.91 Å². The van der Waals surface area contributed by atoms with Gasteiger partial charge in [-0.05, 0) is 75.0 Å². The van der Waals surface area contributed by atoms with Crippen molar-refractivity contribution in [3.05, 3.63) is 56.5 Å². The summed E-state index contributed by atoms with van der Waals surface area (Å²) in [5.41, 5.74) is 3.81. The molecular formula is C19H20Br2N2O3. The summed E-state index contributed by atoms with van der Waals surface area (Å²) in [6, 6.07) is 10.9. The summed E-state index contributed by atoms with van der Waals surface area (Å²) in [5.74, 6) is 1.01. The van der Waals surface area contributed by atoms with E-state index in [0.29, 0.717) is 34.7 Å². The fourth-order valence-electron chi connectivity index (χ4n) is 2.14. The summed E-state index contributed by atoms with van der Waals surface area (Å²) >= 11 is 6.85. The number of rotatable bonds is 8. The molecule has 7 heteroatoms. The molecule has 1 amide bonds. The molecule has 0 fully saturated rings. The number of carbonyl (C=O) groups excluding carboxylic acids is 1. The minimum Gasteiger partial charge on any atom is -0.490 e. The Hall–Kier alpha value is -1.86. The summed E-state index contributed by atoms with van der Waals surface area (Å²) in [7, 11) is 0. The van der Waals surface area contributed by atoms with Crippen molar-refractivity contribution in [3.63, 3.8) is 0 Å². The molecule has 0 atom stereocenters. The molecule has 2 rings (SSSR count). The van der Waals surface area contributed by atoms with Crippen molar-refractivity contribution in [3.8, 4) is 11.5 Å². The number of amides is 1. The van der Waals surface area contributed by atoms with E-state index in [1.54, 1.807) is 24.4 Å². The molecule has 138 valence electrons. The lowest BCUT2D eigenvalue weighted by atomic mass is 10.2. The van der Waals surface area contributed by atoms with Crippen LogP contribution < -0.4 is 14.9 Å². The Morgan fingerprint density at radius 1 is 1.15 bits per heavy atom. The van der Waals surface area contributed by atoms with Gasteiger partial charge in [-0.2, -0.15) is 5.10 Å². The standard InChI is InChI=1S/C19H20Br2N2O3/c1-3-9-26-18-16(21)10-13(11-17(18)25-4-2)12-22-23-19(24)14-7-5-6-8-15(14)20/h5-8,10-12H,3-4,9H2,1-2H3,(H,23,24)/b22-12+. The third-order valence-corrected chi connectivity index (χ3v) is 4.56. The van der Waals surface area contributed by atoms with Gasteiger partial charge in [0.15, 0.2) is 11.5 Å². The van der Waals surface area contributed by atoms with E-state index >= 15 is 0 Å². The van der Waals surface area contributed by atoms with E-state index in [-0.39, 0.29) is 5.91 Å². The lowest BCUT2D eigenvalue weighted by Crippen LogP contribution is -2.18. The van der Waals surface area contributed by atoms with Crippen LogP contribution in [0.25, 0.3) is 0 Å². The zero-order valence-electron chi connectivity index (χ0n) is 14.6. The van der Waals surface area contributed by atoms with Crippen LogP contribution in [-0.4, -0.2) is 25.3 Å². The van der Waals surface area contributed by atoms with Gasteiger partial charge in [0, 0.05) is 4.47 Å². The number of hydrogen-bond donors (Lipinski definition) is 1. The second-order valence-corrected chi connectivity index (χ2v) is 7.00. The normalized spacial score (nSPS) is 10.8. The van der Waals surface area contributed by atoms with Crippen molar-refractivity contribution in [1.29, 1.82) is 0 Å². The zero-order chi connectivity index (χ0) is 18.9. The maximum atomic E-state index is 12.2. The lowest BCUT2D eigenvalue weighted by molar-refractivity contribution is 0.0954. The number of hydrazone groups is 1. The van der Waals surface area contributed by atoms with Crippen LogP contribution in [0.5, 0.6) is 11.5 Å². The summed E-state index contributed by atoms with van der Waals surface area (Å²) in [6.07, 6.45) is 2.47. The Labute approximate surface area is 170 Å². The highest BCUT2D eigenvalue weighted by molar-refractivity contribution is 9.10. The van der Waals surface area contributed by atoms with Gasteiger partial charge in [0.05, 0.1) is 29.5 Å². The van der Waals surface area contributed by atoms with Gasteiger partial charge in [0.1, 0.15) is 0 Å². The quantitative estimate of drug-likeness (QED) is 0.416. The predicted molar refractivity (Wildman–Crippen MR) is 110 cm³/mol. The highest BCUT2D eigenvalue weighted by atomic mass is 79.9. The molecule has 26 heavy (non-hydrogen) atoms. The van der Waals surface area contributed by atoms with Crippen molar-refractivity contribution < 1.29 is 14.3 Å². The second kappa shape index (κ2) is 10.3. The molecule has 0 spiro atoms. The zero-order valence-corrected chi connectivity index (χ0v) is 17.8.